The summed E-state index contributed by atoms with van der Waals surface area (Å²) in [6.45, 7) is 3.89. The second-order valence-corrected chi connectivity index (χ2v) is 5.02. The summed E-state index contributed by atoms with van der Waals surface area (Å²) in [6, 6.07) is 6.52. The van der Waals surface area contributed by atoms with Crippen LogP contribution in [0.2, 0.25) is 5.02 Å². The van der Waals surface area contributed by atoms with Gasteiger partial charge in [-0.1, -0.05) is 17.7 Å². The van der Waals surface area contributed by atoms with Crippen LogP contribution in [0.25, 0.3) is 0 Å². The quantitative estimate of drug-likeness (QED) is 0.748. The van der Waals surface area contributed by atoms with Crippen molar-refractivity contribution in [3.05, 3.63) is 47.6 Å². The molecule has 0 saturated heterocycles. The van der Waals surface area contributed by atoms with Gasteiger partial charge in [-0.3, -0.25) is 4.79 Å². The highest BCUT2D eigenvalue weighted by molar-refractivity contribution is 6.32. The van der Waals surface area contributed by atoms with E-state index in [2.05, 4.69) is 27.4 Å². The fourth-order valence-electron chi connectivity index (χ4n) is 1.87. The number of benzene rings is 1. The summed E-state index contributed by atoms with van der Waals surface area (Å²) < 4.78 is 10.5. The van der Waals surface area contributed by atoms with Crippen molar-refractivity contribution in [3.63, 3.8) is 0 Å². The average Bonchev–Trinajstić information content (AvgIpc) is 2.61. The Morgan fingerprint density at radius 3 is 2.58 bits per heavy atom. The minimum atomic E-state index is -0.320. The predicted octanol–water partition coefficient (Wildman–Crippen LogP) is 2.81. The van der Waals surface area contributed by atoms with Gasteiger partial charge in [-0.25, -0.2) is 0 Å². The van der Waals surface area contributed by atoms with Crippen LogP contribution in [0, 0.1) is 0 Å². The number of aromatic nitrogens is 2. The number of hydrogen-bond donors (Lipinski definition) is 2. The zero-order valence-corrected chi connectivity index (χ0v) is 14.1. The number of ether oxygens (including phenoxy) is 2. The topological polar surface area (TPSA) is 85.4 Å². The van der Waals surface area contributed by atoms with Gasteiger partial charge in [0, 0.05) is 18.7 Å². The highest BCUT2D eigenvalue weighted by Crippen LogP contribution is 2.36. The second-order valence-electron chi connectivity index (χ2n) is 4.61. The van der Waals surface area contributed by atoms with E-state index in [1.165, 1.54) is 14.2 Å². The van der Waals surface area contributed by atoms with Gasteiger partial charge in [0.1, 0.15) is 11.5 Å². The van der Waals surface area contributed by atoms with Crippen molar-refractivity contribution in [3.8, 4) is 11.5 Å². The summed E-state index contributed by atoms with van der Waals surface area (Å²) in [7, 11) is 3.05. The van der Waals surface area contributed by atoms with Crippen LogP contribution in [-0.4, -0.2) is 36.9 Å². The molecule has 0 fully saturated rings. The lowest BCUT2D eigenvalue weighted by Gasteiger charge is -2.13. The summed E-state index contributed by atoms with van der Waals surface area (Å²) in [5.74, 6) is 1.14. The first-order chi connectivity index (χ1) is 11.6. The molecular weight excluding hydrogens is 332 g/mol. The van der Waals surface area contributed by atoms with E-state index in [9.17, 15) is 4.79 Å². The number of carbonyl (C=O) groups is 1. The Bertz CT molecular complexity index is 735. The van der Waals surface area contributed by atoms with Gasteiger partial charge in [0.25, 0.3) is 5.91 Å². The summed E-state index contributed by atoms with van der Waals surface area (Å²) in [4.78, 5) is 11.8. The minimum absolute atomic E-state index is 0.211. The van der Waals surface area contributed by atoms with Gasteiger partial charge >= 0.3 is 0 Å². The van der Waals surface area contributed by atoms with Crippen LogP contribution in [0.4, 0.5) is 11.5 Å². The van der Waals surface area contributed by atoms with Crippen LogP contribution in [0.5, 0.6) is 11.5 Å². The fraction of sp³-hybridized carbons (Fsp3) is 0.188. The Hall–Kier alpha value is -2.80. The molecule has 1 heterocycles. The molecule has 0 unspecified atom stereocenters. The first-order valence-electron chi connectivity index (χ1n) is 7.00. The molecule has 0 bridgehead atoms. The van der Waals surface area contributed by atoms with Crippen molar-refractivity contribution >= 4 is 29.0 Å². The van der Waals surface area contributed by atoms with E-state index in [-0.39, 0.29) is 11.6 Å². The van der Waals surface area contributed by atoms with E-state index < -0.39 is 0 Å². The molecule has 8 heteroatoms. The maximum Gasteiger partial charge on any atom is 0.272 e. The Morgan fingerprint density at radius 1 is 1.25 bits per heavy atom. The van der Waals surface area contributed by atoms with Crippen molar-refractivity contribution in [2.24, 2.45) is 0 Å². The molecule has 0 radical (unpaired) electrons. The lowest BCUT2D eigenvalue weighted by molar-refractivity contribution is 0.0952. The Kier molecular flexibility index (Phi) is 5.97. The molecule has 24 heavy (non-hydrogen) atoms. The van der Waals surface area contributed by atoms with Crippen LogP contribution in [-0.2, 0) is 0 Å². The normalized spacial score (nSPS) is 9.96. The highest BCUT2D eigenvalue weighted by Gasteiger charge is 2.12. The lowest BCUT2D eigenvalue weighted by atomic mass is 10.2. The number of carbonyl (C=O) groups excluding carboxylic acids is 1. The smallest absolute Gasteiger partial charge is 0.272 e. The first kappa shape index (κ1) is 17.6. The van der Waals surface area contributed by atoms with Crippen molar-refractivity contribution in [2.45, 2.75) is 0 Å². The molecule has 2 rings (SSSR count). The van der Waals surface area contributed by atoms with Gasteiger partial charge in [-0.05, 0) is 12.1 Å². The molecule has 0 saturated carbocycles. The molecule has 0 atom stereocenters. The molecule has 2 aromatic rings. The molecule has 1 amide bonds. The largest absolute Gasteiger partial charge is 0.495 e. The fourth-order valence-corrected chi connectivity index (χ4v) is 2.10. The molecule has 0 aliphatic heterocycles. The van der Waals surface area contributed by atoms with Crippen molar-refractivity contribution < 1.29 is 14.3 Å². The Balaban J connectivity index is 2.19. The molecule has 2 N–H and O–H groups in total. The maximum absolute atomic E-state index is 11.8. The molecule has 126 valence electrons. The monoisotopic (exact) mass is 348 g/mol. The predicted molar refractivity (Wildman–Crippen MR) is 92.4 cm³/mol. The first-order valence-corrected chi connectivity index (χ1v) is 7.38. The van der Waals surface area contributed by atoms with Gasteiger partial charge < -0.3 is 20.1 Å². The number of nitrogens with zero attached hydrogens (tertiary/aromatic N) is 2. The molecule has 0 aliphatic carbocycles. The van der Waals surface area contributed by atoms with Crippen LogP contribution in [0.1, 0.15) is 10.5 Å². The van der Waals surface area contributed by atoms with Crippen LogP contribution >= 0.6 is 11.6 Å². The standard InChI is InChI=1S/C16H17ClN4O3/c1-4-7-18-16(22)11-5-6-15(21-20-11)19-12-9-13(23-2)10(17)8-14(12)24-3/h4-6,8-9H,1,7H2,2-3H3,(H,18,22)(H,19,21). The lowest BCUT2D eigenvalue weighted by Crippen LogP contribution is -2.24. The molecule has 0 aliphatic rings. The number of hydrogen-bond acceptors (Lipinski definition) is 6. The third-order valence-electron chi connectivity index (χ3n) is 3.04. The van der Waals surface area contributed by atoms with Gasteiger partial charge in [-0.2, -0.15) is 0 Å². The van der Waals surface area contributed by atoms with Crippen molar-refractivity contribution in [2.75, 3.05) is 26.1 Å². The van der Waals surface area contributed by atoms with E-state index in [1.807, 2.05) is 0 Å². The van der Waals surface area contributed by atoms with E-state index in [0.717, 1.165) is 0 Å². The van der Waals surface area contributed by atoms with Gasteiger partial charge in [0.2, 0.25) is 0 Å². The zero-order chi connectivity index (χ0) is 17.5. The summed E-state index contributed by atoms with van der Waals surface area (Å²) in [6.07, 6.45) is 1.58. The summed E-state index contributed by atoms with van der Waals surface area (Å²) >= 11 is 6.07. The minimum Gasteiger partial charge on any atom is -0.495 e. The highest BCUT2D eigenvalue weighted by atomic mass is 35.5. The summed E-state index contributed by atoms with van der Waals surface area (Å²) in [5, 5.41) is 14.0. The molecule has 7 nitrogen and oxygen atoms in total. The van der Waals surface area contributed by atoms with Crippen LogP contribution < -0.4 is 20.1 Å². The van der Waals surface area contributed by atoms with Crippen molar-refractivity contribution in [1.29, 1.82) is 0 Å². The van der Waals surface area contributed by atoms with Crippen LogP contribution in [0.15, 0.2) is 36.9 Å². The summed E-state index contributed by atoms with van der Waals surface area (Å²) in [5.41, 5.74) is 0.819. The molecule has 1 aromatic carbocycles. The van der Waals surface area contributed by atoms with E-state index in [0.29, 0.717) is 34.6 Å². The van der Waals surface area contributed by atoms with Crippen LogP contribution in [0.3, 0.4) is 0 Å². The maximum atomic E-state index is 11.8. The molecular formula is C16H17ClN4O3. The van der Waals surface area contributed by atoms with Gasteiger partial charge in [0.05, 0.1) is 24.9 Å². The average molecular weight is 349 g/mol. The Labute approximate surface area is 144 Å². The van der Waals surface area contributed by atoms with Gasteiger partial charge in [-0.15, -0.1) is 16.8 Å². The van der Waals surface area contributed by atoms with E-state index in [1.54, 1.807) is 30.3 Å². The van der Waals surface area contributed by atoms with Gasteiger partial charge in [0.15, 0.2) is 11.5 Å². The molecule has 1 aromatic heterocycles. The van der Waals surface area contributed by atoms with E-state index >= 15 is 0 Å². The number of rotatable bonds is 7. The third-order valence-corrected chi connectivity index (χ3v) is 3.34. The van der Waals surface area contributed by atoms with Crippen molar-refractivity contribution in [1.82, 2.24) is 15.5 Å². The second kappa shape index (κ2) is 8.16. The zero-order valence-electron chi connectivity index (χ0n) is 13.3. The Morgan fingerprint density at radius 2 is 2.00 bits per heavy atom. The number of halogens is 1. The number of amides is 1. The number of nitrogens with one attached hydrogen (secondary N) is 2. The SMILES string of the molecule is C=CCNC(=O)c1ccc(Nc2cc(OC)c(Cl)cc2OC)nn1. The van der Waals surface area contributed by atoms with E-state index in [4.69, 9.17) is 21.1 Å². The molecule has 0 spiro atoms. The number of anilines is 2. The number of methoxy groups -OCH3 is 2. The third kappa shape index (κ3) is 4.14.